The van der Waals surface area contributed by atoms with Crippen LogP contribution in [0, 0.1) is 13.3 Å². The van der Waals surface area contributed by atoms with Crippen LogP contribution in [-0.4, -0.2) is 59.3 Å². The Morgan fingerprint density at radius 2 is 1.66 bits per heavy atom. The topological polar surface area (TPSA) is 113 Å². The summed E-state index contributed by atoms with van der Waals surface area (Å²) in [5, 5.41) is 18.3. The average Bonchev–Trinajstić information content (AvgIpc) is 2.60. The summed E-state index contributed by atoms with van der Waals surface area (Å²) in [6, 6.07) is 3.92. The minimum atomic E-state index is -1.11. The first-order valence-electron chi connectivity index (χ1n) is 9.88. The van der Waals surface area contributed by atoms with Gasteiger partial charge in [-0.05, 0) is 43.6 Å². The van der Waals surface area contributed by atoms with E-state index in [0.717, 1.165) is 11.1 Å². The van der Waals surface area contributed by atoms with Crippen molar-refractivity contribution in [2.45, 2.75) is 46.6 Å². The van der Waals surface area contributed by atoms with E-state index in [1.54, 1.807) is 13.3 Å². The molecule has 0 saturated carbocycles. The first-order valence-corrected chi connectivity index (χ1v) is 9.88. The van der Waals surface area contributed by atoms with Crippen LogP contribution in [0.3, 0.4) is 0 Å². The SMILES string of the molecule is C=C(C)C(=O)OC[CH-]COc1c(C)cc(C(C)(C)C)cc1CN(CC(=O)O)CC(=O)O.[Y+3]. The van der Waals surface area contributed by atoms with Gasteiger partial charge in [0.25, 0.3) is 0 Å². The van der Waals surface area contributed by atoms with Gasteiger partial charge in [0.05, 0.1) is 13.1 Å². The van der Waals surface area contributed by atoms with E-state index < -0.39 is 31.0 Å². The molecule has 0 amide bonds. The molecule has 1 rings (SSSR count). The van der Waals surface area contributed by atoms with Gasteiger partial charge in [-0.25, -0.2) is 4.79 Å². The number of carbonyl (C=O) groups excluding carboxylic acids is 1. The largest absolute Gasteiger partial charge is 3.00 e. The summed E-state index contributed by atoms with van der Waals surface area (Å²) in [4.78, 5) is 35.1. The van der Waals surface area contributed by atoms with Crippen LogP contribution in [0.25, 0.3) is 0 Å². The van der Waals surface area contributed by atoms with Crippen LogP contribution < -0.4 is 4.74 Å². The molecule has 0 aliphatic carbocycles. The Morgan fingerprint density at radius 3 is 2.12 bits per heavy atom. The van der Waals surface area contributed by atoms with E-state index in [0.29, 0.717) is 16.9 Å². The maximum Gasteiger partial charge on any atom is 3.00 e. The molecule has 9 heteroatoms. The van der Waals surface area contributed by atoms with Gasteiger partial charge in [-0.2, -0.15) is 0 Å². The van der Waals surface area contributed by atoms with Crippen LogP contribution in [0.4, 0.5) is 0 Å². The third-order valence-electron chi connectivity index (χ3n) is 4.36. The van der Waals surface area contributed by atoms with Crippen molar-refractivity contribution in [3.05, 3.63) is 47.4 Å². The van der Waals surface area contributed by atoms with Crippen molar-refractivity contribution in [1.29, 1.82) is 0 Å². The van der Waals surface area contributed by atoms with Crippen LogP contribution in [0.15, 0.2) is 24.3 Å². The number of ether oxygens (including phenoxy) is 2. The third-order valence-corrected chi connectivity index (χ3v) is 4.36. The molecule has 1 aromatic rings. The summed E-state index contributed by atoms with van der Waals surface area (Å²) < 4.78 is 10.9. The second-order valence-corrected chi connectivity index (χ2v) is 8.44. The smallest absolute Gasteiger partial charge is 0.524 e. The molecular weight excluding hydrogens is 491 g/mol. The van der Waals surface area contributed by atoms with Crippen molar-refractivity contribution in [3.63, 3.8) is 0 Å². The quantitative estimate of drug-likeness (QED) is 0.186. The van der Waals surface area contributed by atoms with Gasteiger partial charge in [0.1, 0.15) is 5.75 Å². The van der Waals surface area contributed by atoms with E-state index >= 15 is 0 Å². The molecule has 0 aliphatic rings. The van der Waals surface area contributed by atoms with E-state index in [-0.39, 0.29) is 57.9 Å². The molecule has 0 radical (unpaired) electrons. The Bertz CT molecular complexity index is 814. The Hall–Kier alpha value is -1.77. The first-order chi connectivity index (χ1) is 14.3. The fraction of sp³-hybridized carbons (Fsp3) is 0.478. The number of rotatable bonds is 12. The molecule has 0 atom stereocenters. The Labute approximate surface area is 214 Å². The molecule has 2 N–H and O–H groups in total. The zero-order chi connectivity index (χ0) is 23.8. The predicted molar refractivity (Wildman–Crippen MR) is 116 cm³/mol. The Morgan fingerprint density at radius 1 is 1.09 bits per heavy atom. The summed E-state index contributed by atoms with van der Waals surface area (Å²) in [5.74, 6) is -2.16. The number of carboxylic acid groups (broad SMARTS) is 2. The number of aryl methyl sites for hydroxylation is 1. The number of hydrogen-bond donors (Lipinski definition) is 2. The molecule has 8 nitrogen and oxygen atoms in total. The van der Waals surface area contributed by atoms with Crippen LogP contribution >= 0.6 is 0 Å². The van der Waals surface area contributed by atoms with E-state index in [9.17, 15) is 14.4 Å². The number of benzene rings is 1. The second kappa shape index (κ2) is 13.7. The first kappa shape index (κ1) is 30.2. The van der Waals surface area contributed by atoms with E-state index in [1.807, 2.05) is 19.1 Å². The van der Waals surface area contributed by atoms with Gasteiger partial charge in [-0.3, -0.25) is 20.9 Å². The number of nitrogens with zero attached hydrogens (tertiary/aromatic N) is 1. The summed E-state index contributed by atoms with van der Waals surface area (Å²) in [7, 11) is 0. The van der Waals surface area contributed by atoms with E-state index in [4.69, 9.17) is 19.7 Å². The van der Waals surface area contributed by atoms with Crippen molar-refractivity contribution in [3.8, 4) is 5.75 Å². The van der Waals surface area contributed by atoms with Gasteiger partial charge in [0, 0.05) is 17.7 Å². The number of carboxylic acids is 2. The minimum absolute atomic E-state index is 0. The maximum atomic E-state index is 11.4. The van der Waals surface area contributed by atoms with Gasteiger partial charge in [-0.15, -0.1) is 0 Å². The molecular formula is C23H32NO7Y+2. The van der Waals surface area contributed by atoms with E-state index in [2.05, 4.69) is 27.4 Å². The van der Waals surface area contributed by atoms with Crippen molar-refractivity contribution >= 4 is 17.9 Å². The number of esters is 1. The summed E-state index contributed by atoms with van der Waals surface area (Å²) >= 11 is 0. The van der Waals surface area contributed by atoms with Gasteiger partial charge in [0.15, 0.2) is 0 Å². The summed E-state index contributed by atoms with van der Waals surface area (Å²) in [6.07, 6.45) is 1.65. The van der Waals surface area contributed by atoms with Gasteiger partial charge in [0.2, 0.25) is 0 Å². The molecule has 0 heterocycles. The molecule has 0 bridgehead atoms. The van der Waals surface area contributed by atoms with Gasteiger partial charge in [-0.1, -0.05) is 39.5 Å². The molecule has 0 saturated heterocycles. The molecule has 0 fully saturated rings. The average molecular weight is 523 g/mol. The van der Waals surface area contributed by atoms with Crippen molar-refractivity contribution in [2.24, 2.45) is 0 Å². The third kappa shape index (κ3) is 10.7. The Kier molecular flexibility index (Phi) is 12.9. The summed E-state index contributed by atoms with van der Waals surface area (Å²) in [6.45, 7) is 12.6. The fourth-order valence-corrected chi connectivity index (χ4v) is 2.84. The molecule has 172 valence electrons. The monoisotopic (exact) mass is 523 g/mol. The number of hydrogen-bond acceptors (Lipinski definition) is 6. The van der Waals surface area contributed by atoms with Crippen LogP contribution in [0.2, 0.25) is 0 Å². The fourth-order valence-electron chi connectivity index (χ4n) is 2.84. The molecule has 1 aromatic carbocycles. The van der Waals surface area contributed by atoms with Crippen molar-refractivity contribution in [2.75, 3.05) is 26.3 Å². The normalized spacial score (nSPS) is 10.9. The maximum absolute atomic E-state index is 11.4. The van der Waals surface area contributed by atoms with Gasteiger partial charge >= 0.3 is 50.6 Å². The van der Waals surface area contributed by atoms with Gasteiger partial charge < -0.3 is 19.7 Å². The molecule has 0 unspecified atom stereocenters. The second-order valence-electron chi connectivity index (χ2n) is 8.44. The molecule has 0 aliphatic heterocycles. The molecule has 0 spiro atoms. The van der Waals surface area contributed by atoms with Crippen molar-refractivity contribution in [1.82, 2.24) is 4.90 Å². The number of carbonyl (C=O) groups is 3. The van der Waals surface area contributed by atoms with Crippen molar-refractivity contribution < 1.29 is 66.8 Å². The zero-order valence-corrected chi connectivity index (χ0v) is 22.3. The zero-order valence-electron chi connectivity index (χ0n) is 19.4. The van der Waals surface area contributed by atoms with E-state index in [1.165, 1.54) is 4.90 Å². The van der Waals surface area contributed by atoms with Crippen LogP contribution in [0.1, 0.15) is 44.4 Å². The Balaban J connectivity index is 0.00000961. The summed E-state index contributed by atoms with van der Waals surface area (Å²) in [5.41, 5.74) is 2.71. The minimum Gasteiger partial charge on any atom is -0.524 e. The van der Waals surface area contributed by atoms with Crippen LogP contribution in [-0.2, 0) is 63.8 Å². The molecule has 32 heavy (non-hydrogen) atoms. The van der Waals surface area contributed by atoms with Crippen LogP contribution in [0.5, 0.6) is 5.75 Å². The predicted octanol–water partition coefficient (Wildman–Crippen LogP) is 2.96. The molecule has 0 aromatic heterocycles. The number of aliphatic carboxylic acids is 2. The standard InChI is InChI=1S/C23H32NO7.Y/c1-15(2)22(29)31-9-7-8-30-21-16(3)10-18(23(4,5)6)11-17(21)12-24(13-19(25)26)14-20(27)28;/h7,10-11H,1,8-9,12-14H2,2-6H3,(H,25,26)(H,27,28);/q-1;+3.